The molecule has 0 spiro atoms. The summed E-state index contributed by atoms with van der Waals surface area (Å²) in [6, 6.07) is 14.1. The molecule has 0 radical (unpaired) electrons. The molecule has 11 heteroatoms. The van der Waals surface area contributed by atoms with Gasteiger partial charge in [0.05, 0.1) is 5.56 Å². The predicted octanol–water partition coefficient (Wildman–Crippen LogP) is 4.94. The number of ether oxygens (including phenoxy) is 4. The van der Waals surface area contributed by atoms with E-state index >= 15 is 0 Å². The van der Waals surface area contributed by atoms with E-state index in [4.69, 9.17) is 18.9 Å². The summed E-state index contributed by atoms with van der Waals surface area (Å²) < 4.78 is 59.6. The van der Waals surface area contributed by atoms with Crippen molar-refractivity contribution in [3.8, 4) is 28.9 Å². The molecule has 1 aromatic heterocycles. The first-order chi connectivity index (χ1) is 17.3. The van der Waals surface area contributed by atoms with Crippen LogP contribution in [0.5, 0.6) is 28.9 Å². The minimum atomic E-state index is -4.46. The Morgan fingerprint density at radius 2 is 1.64 bits per heavy atom. The molecule has 0 saturated carbocycles. The van der Waals surface area contributed by atoms with Crippen LogP contribution in [0.25, 0.3) is 0 Å². The van der Waals surface area contributed by atoms with E-state index < -0.39 is 17.8 Å². The Bertz CT molecular complexity index is 1210. The van der Waals surface area contributed by atoms with Crippen molar-refractivity contribution in [2.24, 2.45) is 0 Å². The van der Waals surface area contributed by atoms with Gasteiger partial charge < -0.3 is 23.8 Å². The van der Waals surface area contributed by atoms with E-state index in [1.807, 2.05) is 18.2 Å². The van der Waals surface area contributed by atoms with Crippen LogP contribution in [0.4, 0.5) is 18.0 Å². The monoisotopic (exact) mass is 501 g/mol. The zero-order chi connectivity index (χ0) is 25.1. The van der Waals surface area contributed by atoms with E-state index in [1.54, 1.807) is 29.2 Å². The number of fused-ring (bicyclic) bond motifs is 1. The van der Waals surface area contributed by atoms with Crippen molar-refractivity contribution in [2.45, 2.75) is 12.7 Å². The van der Waals surface area contributed by atoms with Gasteiger partial charge in [0.2, 0.25) is 12.7 Å². The van der Waals surface area contributed by atoms with Crippen LogP contribution < -0.4 is 18.9 Å². The van der Waals surface area contributed by atoms with Gasteiger partial charge in [-0.3, -0.25) is 4.90 Å². The fourth-order valence-corrected chi connectivity index (χ4v) is 3.86. The molecule has 3 heterocycles. The quantitative estimate of drug-likeness (QED) is 0.491. The molecule has 0 aliphatic carbocycles. The largest absolute Gasteiger partial charge is 0.454 e. The van der Waals surface area contributed by atoms with Gasteiger partial charge in [0.15, 0.2) is 11.5 Å². The Kier molecular flexibility index (Phi) is 6.55. The third-order valence-corrected chi connectivity index (χ3v) is 5.79. The SMILES string of the molecule is O=C(Oc1ccc(Oc2ccc(C(F)(F)F)cn2)cc1)N1CCN(Cc2ccc3c(c2)OCO3)CC1. The number of hydrogen-bond acceptors (Lipinski definition) is 7. The molecular weight excluding hydrogens is 479 g/mol. The molecule has 2 aliphatic rings. The Labute approximate surface area is 204 Å². The summed E-state index contributed by atoms with van der Waals surface area (Å²) in [4.78, 5) is 20.1. The lowest BCUT2D eigenvalue weighted by molar-refractivity contribution is -0.137. The number of benzene rings is 2. The number of piperazine rings is 1. The van der Waals surface area contributed by atoms with Crippen LogP contribution in [-0.2, 0) is 12.7 Å². The molecule has 36 heavy (non-hydrogen) atoms. The van der Waals surface area contributed by atoms with Gasteiger partial charge in [0, 0.05) is 45.0 Å². The zero-order valence-electron chi connectivity index (χ0n) is 19.0. The van der Waals surface area contributed by atoms with Gasteiger partial charge in [-0.2, -0.15) is 13.2 Å². The number of pyridine rings is 1. The number of carbonyl (C=O) groups excluding carboxylic acids is 1. The number of nitrogens with zero attached hydrogens (tertiary/aromatic N) is 3. The molecule has 0 bridgehead atoms. The Morgan fingerprint density at radius 1 is 0.917 bits per heavy atom. The first kappa shape index (κ1) is 23.7. The van der Waals surface area contributed by atoms with Gasteiger partial charge >= 0.3 is 12.3 Å². The molecule has 2 aromatic carbocycles. The summed E-state index contributed by atoms with van der Waals surface area (Å²) >= 11 is 0. The van der Waals surface area contributed by atoms with Crippen LogP contribution >= 0.6 is 0 Å². The average Bonchev–Trinajstić information content (AvgIpc) is 3.33. The molecule has 0 unspecified atom stereocenters. The lowest BCUT2D eigenvalue weighted by Crippen LogP contribution is -2.49. The van der Waals surface area contributed by atoms with Gasteiger partial charge in [0.1, 0.15) is 11.5 Å². The van der Waals surface area contributed by atoms with Gasteiger partial charge in [-0.25, -0.2) is 9.78 Å². The van der Waals surface area contributed by atoms with Crippen LogP contribution in [-0.4, -0.2) is 53.8 Å². The summed E-state index contributed by atoms with van der Waals surface area (Å²) in [5, 5.41) is 0. The Morgan fingerprint density at radius 3 is 2.33 bits per heavy atom. The van der Waals surface area contributed by atoms with Crippen molar-refractivity contribution in [1.29, 1.82) is 0 Å². The summed E-state index contributed by atoms with van der Waals surface area (Å²) in [5.41, 5.74) is 0.259. The van der Waals surface area contributed by atoms with Crippen LogP contribution in [0.3, 0.4) is 0 Å². The molecule has 1 amide bonds. The molecule has 0 N–H and O–H groups in total. The molecule has 1 saturated heterocycles. The summed E-state index contributed by atoms with van der Waals surface area (Å²) in [6.45, 7) is 3.46. The number of alkyl halides is 3. The lowest BCUT2D eigenvalue weighted by atomic mass is 10.1. The van der Waals surface area contributed by atoms with Crippen molar-refractivity contribution >= 4 is 6.09 Å². The normalized spacial score (nSPS) is 15.6. The van der Waals surface area contributed by atoms with Crippen LogP contribution in [0.15, 0.2) is 60.8 Å². The first-order valence-electron chi connectivity index (χ1n) is 11.2. The highest BCUT2D eigenvalue weighted by molar-refractivity contribution is 5.70. The first-order valence-corrected chi connectivity index (χ1v) is 11.2. The second kappa shape index (κ2) is 9.94. The number of carbonyl (C=O) groups is 1. The zero-order valence-corrected chi connectivity index (χ0v) is 19.0. The Balaban J connectivity index is 1.09. The van der Waals surface area contributed by atoms with E-state index in [0.29, 0.717) is 43.9 Å². The summed E-state index contributed by atoms with van der Waals surface area (Å²) in [6.07, 6.45) is -4.20. The molecule has 2 aliphatic heterocycles. The van der Waals surface area contributed by atoms with Crippen molar-refractivity contribution in [1.82, 2.24) is 14.8 Å². The van der Waals surface area contributed by atoms with Crippen LogP contribution in [0.1, 0.15) is 11.1 Å². The number of aromatic nitrogens is 1. The minimum Gasteiger partial charge on any atom is -0.454 e. The smallest absolute Gasteiger partial charge is 0.417 e. The van der Waals surface area contributed by atoms with Gasteiger partial charge in [-0.05, 0) is 48.0 Å². The second-order valence-corrected chi connectivity index (χ2v) is 8.28. The molecule has 1 fully saturated rings. The molecule has 3 aromatic rings. The number of halogens is 3. The highest BCUT2D eigenvalue weighted by Crippen LogP contribution is 2.33. The highest BCUT2D eigenvalue weighted by atomic mass is 19.4. The standard InChI is InChI=1S/C25H22F3N3O5/c26-25(27,28)18-2-8-23(29-14-18)35-19-3-5-20(6-4-19)36-24(32)31-11-9-30(10-12-31)15-17-1-7-21-22(13-17)34-16-33-21/h1-8,13-14H,9-12,15-16H2. The molecular formula is C25H22F3N3O5. The van der Waals surface area contributed by atoms with Crippen molar-refractivity contribution < 1.29 is 36.9 Å². The van der Waals surface area contributed by atoms with Gasteiger partial charge in [0.25, 0.3) is 0 Å². The summed E-state index contributed by atoms with van der Waals surface area (Å²) in [5.74, 6) is 2.20. The van der Waals surface area contributed by atoms with Gasteiger partial charge in [-0.1, -0.05) is 6.07 Å². The van der Waals surface area contributed by atoms with Crippen molar-refractivity contribution in [2.75, 3.05) is 33.0 Å². The Hall–Kier alpha value is -3.99. The van der Waals surface area contributed by atoms with Crippen LogP contribution in [0.2, 0.25) is 0 Å². The number of amides is 1. The van der Waals surface area contributed by atoms with E-state index in [0.717, 1.165) is 35.7 Å². The van der Waals surface area contributed by atoms with Gasteiger partial charge in [-0.15, -0.1) is 0 Å². The number of hydrogen-bond donors (Lipinski definition) is 0. The van der Waals surface area contributed by atoms with Crippen molar-refractivity contribution in [3.63, 3.8) is 0 Å². The molecule has 5 rings (SSSR count). The average molecular weight is 501 g/mol. The van der Waals surface area contributed by atoms with E-state index in [1.165, 1.54) is 0 Å². The third-order valence-electron chi connectivity index (χ3n) is 5.79. The maximum Gasteiger partial charge on any atom is 0.417 e. The topological polar surface area (TPSA) is 73.4 Å². The second-order valence-electron chi connectivity index (χ2n) is 8.28. The lowest BCUT2D eigenvalue weighted by Gasteiger charge is -2.34. The van der Waals surface area contributed by atoms with Crippen molar-refractivity contribution in [3.05, 3.63) is 71.9 Å². The molecule has 188 valence electrons. The molecule has 8 nitrogen and oxygen atoms in total. The predicted molar refractivity (Wildman–Crippen MR) is 121 cm³/mol. The van der Waals surface area contributed by atoms with E-state index in [2.05, 4.69) is 9.88 Å². The fraction of sp³-hybridized carbons (Fsp3) is 0.280. The maximum absolute atomic E-state index is 12.6. The van der Waals surface area contributed by atoms with Crippen LogP contribution in [0, 0.1) is 0 Å². The third kappa shape index (κ3) is 5.62. The maximum atomic E-state index is 12.6. The van der Waals surface area contributed by atoms with E-state index in [9.17, 15) is 18.0 Å². The molecule has 0 atom stereocenters. The summed E-state index contributed by atoms with van der Waals surface area (Å²) in [7, 11) is 0. The minimum absolute atomic E-state index is 0.0198. The highest BCUT2D eigenvalue weighted by Gasteiger charge is 2.30. The van der Waals surface area contributed by atoms with E-state index in [-0.39, 0.29) is 12.7 Å². The fourth-order valence-electron chi connectivity index (χ4n) is 3.86. The number of rotatable bonds is 5.